The maximum atomic E-state index is 14.0. The molecule has 0 saturated heterocycles. The SMILES string of the molecule is COc1ccc(CNC(=O)NCC(C)(C)c2ccccc2F)cc1OC. The number of hydrogen-bond donors (Lipinski definition) is 2. The number of hydrogen-bond acceptors (Lipinski definition) is 3. The first kappa shape index (κ1) is 19.6. The third kappa shape index (κ3) is 4.88. The Balaban J connectivity index is 1.90. The zero-order valence-corrected chi connectivity index (χ0v) is 15.6. The quantitative estimate of drug-likeness (QED) is 0.793. The summed E-state index contributed by atoms with van der Waals surface area (Å²) in [4.78, 5) is 12.1. The molecule has 0 radical (unpaired) electrons. The summed E-state index contributed by atoms with van der Waals surface area (Å²) in [6.45, 7) is 4.43. The molecule has 2 N–H and O–H groups in total. The van der Waals surface area contributed by atoms with E-state index in [4.69, 9.17) is 9.47 Å². The summed E-state index contributed by atoms with van der Waals surface area (Å²) in [6.07, 6.45) is 0. The van der Waals surface area contributed by atoms with Crippen LogP contribution in [0.1, 0.15) is 25.0 Å². The van der Waals surface area contributed by atoms with Crippen LogP contribution in [0.2, 0.25) is 0 Å². The average Bonchev–Trinajstić information content (AvgIpc) is 2.64. The maximum Gasteiger partial charge on any atom is 0.315 e. The fourth-order valence-corrected chi connectivity index (χ4v) is 2.64. The van der Waals surface area contributed by atoms with E-state index in [9.17, 15) is 9.18 Å². The van der Waals surface area contributed by atoms with Gasteiger partial charge >= 0.3 is 6.03 Å². The Morgan fingerprint density at radius 3 is 2.38 bits per heavy atom. The molecule has 2 aromatic rings. The van der Waals surface area contributed by atoms with E-state index < -0.39 is 5.41 Å². The molecule has 0 aliphatic carbocycles. The average molecular weight is 360 g/mol. The van der Waals surface area contributed by atoms with Crippen LogP contribution >= 0.6 is 0 Å². The lowest BCUT2D eigenvalue weighted by molar-refractivity contribution is 0.237. The van der Waals surface area contributed by atoms with Gasteiger partial charge in [-0.1, -0.05) is 38.1 Å². The predicted molar refractivity (Wildman–Crippen MR) is 99.2 cm³/mol. The molecule has 140 valence electrons. The Bertz CT molecular complexity index is 762. The van der Waals surface area contributed by atoms with Crippen LogP contribution in [0.4, 0.5) is 9.18 Å². The van der Waals surface area contributed by atoms with Gasteiger partial charge in [-0.3, -0.25) is 0 Å². The molecule has 0 bridgehead atoms. The van der Waals surface area contributed by atoms with Crippen molar-refractivity contribution in [3.63, 3.8) is 0 Å². The second-order valence-electron chi connectivity index (χ2n) is 6.59. The topological polar surface area (TPSA) is 59.6 Å². The first-order valence-corrected chi connectivity index (χ1v) is 8.35. The van der Waals surface area contributed by atoms with Crippen molar-refractivity contribution in [3.8, 4) is 11.5 Å². The maximum absolute atomic E-state index is 14.0. The van der Waals surface area contributed by atoms with Crippen molar-refractivity contribution in [2.45, 2.75) is 25.8 Å². The molecule has 0 heterocycles. The van der Waals surface area contributed by atoms with Gasteiger partial charge in [-0.05, 0) is 29.3 Å². The van der Waals surface area contributed by atoms with Gasteiger partial charge in [0, 0.05) is 18.5 Å². The standard InChI is InChI=1S/C20H25FN2O3/c1-20(2,15-7-5-6-8-16(15)21)13-23-19(24)22-12-14-9-10-17(25-3)18(11-14)26-4/h5-11H,12-13H2,1-4H3,(H2,22,23,24). The first-order chi connectivity index (χ1) is 12.4. The molecule has 26 heavy (non-hydrogen) atoms. The van der Waals surface area contributed by atoms with Crippen LogP contribution in [-0.4, -0.2) is 26.8 Å². The van der Waals surface area contributed by atoms with E-state index in [1.54, 1.807) is 38.5 Å². The summed E-state index contributed by atoms with van der Waals surface area (Å²) in [5.74, 6) is 0.963. The highest BCUT2D eigenvalue weighted by Crippen LogP contribution is 2.27. The molecule has 0 spiro atoms. The Labute approximate surface area is 153 Å². The Morgan fingerprint density at radius 1 is 1.04 bits per heavy atom. The van der Waals surface area contributed by atoms with Crippen LogP contribution < -0.4 is 20.1 Å². The van der Waals surface area contributed by atoms with Gasteiger partial charge in [-0.15, -0.1) is 0 Å². The molecule has 5 nitrogen and oxygen atoms in total. The normalized spacial score (nSPS) is 11.0. The zero-order chi connectivity index (χ0) is 19.2. The minimum absolute atomic E-state index is 0.273. The third-order valence-electron chi connectivity index (χ3n) is 4.19. The van der Waals surface area contributed by atoms with Crippen molar-refractivity contribution < 1.29 is 18.7 Å². The van der Waals surface area contributed by atoms with Gasteiger partial charge in [0.1, 0.15) is 5.82 Å². The second kappa shape index (κ2) is 8.56. The van der Waals surface area contributed by atoms with Gasteiger partial charge in [0.05, 0.1) is 14.2 Å². The number of benzene rings is 2. The van der Waals surface area contributed by atoms with Crippen LogP contribution in [0.5, 0.6) is 11.5 Å². The summed E-state index contributed by atoms with van der Waals surface area (Å²) in [5.41, 5.74) is 0.929. The van der Waals surface area contributed by atoms with Gasteiger partial charge < -0.3 is 20.1 Å². The molecule has 2 amide bonds. The summed E-state index contributed by atoms with van der Waals surface area (Å²) >= 11 is 0. The summed E-state index contributed by atoms with van der Waals surface area (Å²) in [5, 5.41) is 5.58. The van der Waals surface area contributed by atoms with Gasteiger partial charge in [0.15, 0.2) is 11.5 Å². The predicted octanol–water partition coefficient (Wildman–Crippen LogP) is 3.62. The third-order valence-corrected chi connectivity index (χ3v) is 4.19. The highest BCUT2D eigenvalue weighted by Gasteiger charge is 2.24. The van der Waals surface area contributed by atoms with E-state index in [0.717, 1.165) is 5.56 Å². The number of carbonyl (C=O) groups excluding carboxylic acids is 1. The summed E-state index contributed by atoms with van der Waals surface area (Å²) < 4.78 is 24.4. The highest BCUT2D eigenvalue weighted by molar-refractivity contribution is 5.74. The van der Waals surface area contributed by atoms with Crippen molar-refractivity contribution in [3.05, 3.63) is 59.4 Å². The zero-order valence-electron chi connectivity index (χ0n) is 15.6. The highest BCUT2D eigenvalue weighted by atomic mass is 19.1. The Kier molecular flexibility index (Phi) is 6.44. The molecule has 0 unspecified atom stereocenters. The molecule has 2 rings (SSSR count). The smallest absolute Gasteiger partial charge is 0.315 e. The van der Waals surface area contributed by atoms with Gasteiger partial charge in [0.2, 0.25) is 0 Å². The van der Waals surface area contributed by atoms with Crippen LogP contribution in [0.3, 0.4) is 0 Å². The molecule has 0 atom stereocenters. The minimum Gasteiger partial charge on any atom is -0.493 e. The Hall–Kier alpha value is -2.76. The number of rotatable bonds is 7. The van der Waals surface area contributed by atoms with Crippen LogP contribution in [0.15, 0.2) is 42.5 Å². The number of ether oxygens (including phenoxy) is 2. The molecule has 6 heteroatoms. The number of halogens is 1. The lowest BCUT2D eigenvalue weighted by atomic mass is 9.84. The van der Waals surface area contributed by atoms with E-state index in [1.807, 2.05) is 26.0 Å². The van der Waals surface area contributed by atoms with E-state index in [-0.39, 0.29) is 11.8 Å². The number of methoxy groups -OCH3 is 2. The number of carbonyl (C=O) groups is 1. The molecule has 0 aliphatic rings. The fourth-order valence-electron chi connectivity index (χ4n) is 2.64. The summed E-state index contributed by atoms with van der Waals surface area (Å²) in [6, 6.07) is 11.7. The molecule has 0 aliphatic heterocycles. The van der Waals surface area contributed by atoms with Gasteiger partial charge in [-0.25, -0.2) is 9.18 Å². The largest absolute Gasteiger partial charge is 0.493 e. The number of amides is 2. The van der Waals surface area contributed by atoms with Crippen LogP contribution in [0, 0.1) is 5.82 Å². The van der Waals surface area contributed by atoms with E-state index in [1.165, 1.54) is 6.07 Å². The Morgan fingerprint density at radius 2 is 1.73 bits per heavy atom. The lowest BCUT2D eigenvalue weighted by Gasteiger charge is -2.26. The fraction of sp³-hybridized carbons (Fsp3) is 0.350. The number of urea groups is 1. The van der Waals surface area contributed by atoms with Gasteiger partial charge in [0.25, 0.3) is 0 Å². The molecule has 0 fully saturated rings. The minimum atomic E-state index is -0.522. The first-order valence-electron chi connectivity index (χ1n) is 8.35. The van der Waals surface area contributed by atoms with Crippen molar-refractivity contribution >= 4 is 6.03 Å². The monoisotopic (exact) mass is 360 g/mol. The van der Waals surface area contributed by atoms with Crippen LogP contribution in [0.25, 0.3) is 0 Å². The molecular formula is C20H25FN2O3. The molecule has 0 saturated carbocycles. The van der Waals surface area contributed by atoms with Crippen molar-refractivity contribution in [2.75, 3.05) is 20.8 Å². The molecular weight excluding hydrogens is 335 g/mol. The van der Waals surface area contributed by atoms with E-state index in [0.29, 0.717) is 30.2 Å². The van der Waals surface area contributed by atoms with Crippen molar-refractivity contribution in [2.24, 2.45) is 0 Å². The molecule has 2 aromatic carbocycles. The number of nitrogens with one attached hydrogen (secondary N) is 2. The van der Waals surface area contributed by atoms with E-state index >= 15 is 0 Å². The van der Waals surface area contributed by atoms with Gasteiger partial charge in [-0.2, -0.15) is 0 Å². The summed E-state index contributed by atoms with van der Waals surface area (Å²) in [7, 11) is 3.13. The van der Waals surface area contributed by atoms with Crippen molar-refractivity contribution in [1.29, 1.82) is 0 Å². The van der Waals surface area contributed by atoms with Crippen LogP contribution in [-0.2, 0) is 12.0 Å². The van der Waals surface area contributed by atoms with Crippen molar-refractivity contribution in [1.82, 2.24) is 10.6 Å². The van der Waals surface area contributed by atoms with E-state index in [2.05, 4.69) is 10.6 Å². The lowest BCUT2D eigenvalue weighted by Crippen LogP contribution is -2.42. The molecule has 0 aromatic heterocycles. The second-order valence-corrected chi connectivity index (χ2v) is 6.59.